The molecule has 0 saturated heterocycles. The summed E-state index contributed by atoms with van der Waals surface area (Å²) in [5.74, 6) is 1.00. The van der Waals surface area contributed by atoms with Crippen molar-refractivity contribution in [3.63, 3.8) is 0 Å². The van der Waals surface area contributed by atoms with Crippen molar-refractivity contribution in [2.24, 2.45) is 11.7 Å². The highest BCUT2D eigenvalue weighted by Gasteiger charge is 2.07. The number of nitrogens with two attached hydrogens (primary N) is 1. The van der Waals surface area contributed by atoms with Crippen molar-refractivity contribution in [1.29, 1.82) is 5.41 Å². The Balaban J connectivity index is 3.64. The van der Waals surface area contributed by atoms with Crippen molar-refractivity contribution >= 4 is 5.84 Å². The van der Waals surface area contributed by atoms with Crippen molar-refractivity contribution in [3.05, 3.63) is 0 Å². The molecular weight excluding hydrogens is 234 g/mol. The minimum absolute atomic E-state index is 0.313. The smallest absolute Gasteiger partial charge is 0.0918 e. The first-order chi connectivity index (χ1) is 9.06. The molecule has 0 aliphatic carbocycles. The molecule has 0 unspecified atom stereocenters. The van der Waals surface area contributed by atoms with E-state index in [4.69, 9.17) is 11.1 Å². The van der Waals surface area contributed by atoms with E-state index in [1.54, 1.807) is 0 Å². The molecule has 0 heterocycles. The molecule has 19 heavy (non-hydrogen) atoms. The van der Waals surface area contributed by atoms with Gasteiger partial charge < -0.3 is 10.6 Å². The van der Waals surface area contributed by atoms with Crippen molar-refractivity contribution in [2.75, 3.05) is 19.6 Å². The van der Waals surface area contributed by atoms with E-state index in [0.29, 0.717) is 18.2 Å². The molecule has 0 radical (unpaired) electrons. The lowest BCUT2D eigenvalue weighted by Gasteiger charge is -2.24. The van der Waals surface area contributed by atoms with Gasteiger partial charge in [0.05, 0.1) is 5.84 Å². The Kier molecular flexibility index (Phi) is 12.1. The first-order valence-electron chi connectivity index (χ1n) is 8.11. The van der Waals surface area contributed by atoms with E-state index in [0.717, 1.165) is 13.1 Å². The highest BCUT2D eigenvalue weighted by atomic mass is 15.1. The lowest BCUT2D eigenvalue weighted by molar-refractivity contribution is 0.244. The van der Waals surface area contributed by atoms with Crippen LogP contribution in [0, 0.1) is 11.3 Å². The zero-order valence-corrected chi connectivity index (χ0v) is 13.4. The minimum Gasteiger partial charge on any atom is -0.388 e. The normalized spacial score (nSPS) is 11.4. The van der Waals surface area contributed by atoms with Crippen LogP contribution in [0.1, 0.15) is 72.1 Å². The number of nitrogens with zero attached hydrogens (tertiary/aromatic N) is 1. The molecule has 3 heteroatoms. The Morgan fingerprint density at radius 2 is 1.58 bits per heavy atom. The summed E-state index contributed by atoms with van der Waals surface area (Å²) >= 11 is 0. The topological polar surface area (TPSA) is 53.1 Å². The van der Waals surface area contributed by atoms with Gasteiger partial charge in [-0.1, -0.05) is 59.3 Å². The largest absolute Gasteiger partial charge is 0.388 e. The third-order valence-electron chi connectivity index (χ3n) is 3.40. The first-order valence-corrected chi connectivity index (χ1v) is 8.11. The first kappa shape index (κ1) is 18.4. The lowest BCUT2D eigenvalue weighted by atomic mass is 10.1. The number of hydrogen-bond acceptors (Lipinski definition) is 2. The summed E-state index contributed by atoms with van der Waals surface area (Å²) in [5, 5.41) is 7.33. The Hall–Kier alpha value is -0.570. The fourth-order valence-corrected chi connectivity index (χ4v) is 2.38. The van der Waals surface area contributed by atoms with Gasteiger partial charge >= 0.3 is 0 Å². The van der Waals surface area contributed by atoms with Gasteiger partial charge in [0.2, 0.25) is 0 Å². The fourth-order valence-electron chi connectivity index (χ4n) is 2.38. The van der Waals surface area contributed by atoms with Gasteiger partial charge in [-0.15, -0.1) is 0 Å². The molecule has 114 valence electrons. The van der Waals surface area contributed by atoms with Crippen molar-refractivity contribution in [1.82, 2.24) is 4.90 Å². The van der Waals surface area contributed by atoms with Crippen LogP contribution in [-0.2, 0) is 0 Å². The summed E-state index contributed by atoms with van der Waals surface area (Å²) in [4.78, 5) is 2.47. The van der Waals surface area contributed by atoms with Gasteiger partial charge in [0, 0.05) is 19.5 Å². The Bertz CT molecular complexity index is 214. The third kappa shape index (κ3) is 13.7. The maximum absolute atomic E-state index is 7.33. The second kappa shape index (κ2) is 12.5. The molecule has 0 aliphatic heterocycles. The number of hydrogen-bond donors (Lipinski definition) is 2. The van der Waals surface area contributed by atoms with Crippen LogP contribution >= 0.6 is 0 Å². The number of rotatable bonds is 13. The standard InChI is InChI=1S/C16H35N3/c1-4-5-6-7-8-9-10-12-19(14-15(2)3)13-11-16(17)18/h15H,4-14H2,1-3H3,(H3,17,18). The predicted octanol–water partition coefficient (Wildman–Crippen LogP) is 4.02. The summed E-state index contributed by atoms with van der Waals surface area (Å²) in [6, 6.07) is 0. The highest BCUT2D eigenvalue weighted by Crippen LogP contribution is 2.08. The molecule has 0 rings (SSSR count). The number of nitrogens with one attached hydrogen (secondary N) is 1. The third-order valence-corrected chi connectivity index (χ3v) is 3.40. The lowest BCUT2D eigenvalue weighted by Crippen LogP contribution is -2.32. The molecule has 0 aromatic rings. The average molecular weight is 269 g/mol. The summed E-state index contributed by atoms with van der Waals surface area (Å²) in [5.41, 5.74) is 5.45. The van der Waals surface area contributed by atoms with Crippen molar-refractivity contribution in [2.45, 2.75) is 72.1 Å². The van der Waals surface area contributed by atoms with E-state index in [9.17, 15) is 0 Å². The molecule has 0 spiro atoms. The van der Waals surface area contributed by atoms with Gasteiger partial charge in [0.25, 0.3) is 0 Å². The van der Waals surface area contributed by atoms with Crippen LogP contribution in [0.25, 0.3) is 0 Å². The highest BCUT2D eigenvalue weighted by molar-refractivity contribution is 5.76. The Morgan fingerprint density at radius 3 is 2.11 bits per heavy atom. The van der Waals surface area contributed by atoms with E-state index in [-0.39, 0.29) is 0 Å². The molecule has 0 aliphatic rings. The van der Waals surface area contributed by atoms with Gasteiger partial charge in [-0.2, -0.15) is 0 Å². The van der Waals surface area contributed by atoms with Crippen molar-refractivity contribution in [3.8, 4) is 0 Å². The van der Waals surface area contributed by atoms with Crippen LogP contribution in [0.5, 0.6) is 0 Å². The molecule has 3 nitrogen and oxygen atoms in total. The Morgan fingerprint density at radius 1 is 1.00 bits per heavy atom. The number of unbranched alkanes of at least 4 members (excludes halogenated alkanes) is 6. The second-order valence-electron chi connectivity index (χ2n) is 6.09. The van der Waals surface area contributed by atoms with Crippen LogP contribution in [0.2, 0.25) is 0 Å². The van der Waals surface area contributed by atoms with Gasteiger partial charge in [0.15, 0.2) is 0 Å². The van der Waals surface area contributed by atoms with Gasteiger partial charge in [-0.25, -0.2) is 0 Å². The summed E-state index contributed by atoms with van der Waals surface area (Å²) in [7, 11) is 0. The summed E-state index contributed by atoms with van der Waals surface area (Å²) in [6.07, 6.45) is 10.2. The van der Waals surface area contributed by atoms with E-state index in [1.807, 2.05) is 0 Å². The van der Waals surface area contributed by atoms with Crippen LogP contribution in [0.3, 0.4) is 0 Å². The molecule has 0 aromatic carbocycles. The average Bonchev–Trinajstić information content (AvgIpc) is 2.33. The zero-order valence-electron chi connectivity index (χ0n) is 13.4. The van der Waals surface area contributed by atoms with Crippen LogP contribution < -0.4 is 5.73 Å². The molecule has 0 saturated carbocycles. The van der Waals surface area contributed by atoms with Gasteiger partial charge in [-0.05, 0) is 18.9 Å². The van der Waals surface area contributed by atoms with E-state index < -0.39 is 0 Å². The van der Waals surface area contributed by atoms with Gasteiger partial charge in [0.1, 0.15) is 0 Å². The van der Waals surface area contributed by atoms with E-state index in [2.05, 4.69) is 25.7 Å². The van der Waals surface area contributed by atoms with Crippen LogP contribution in [0.4, 0.5) is 0 Å². The summed E-state index contributed by atoms with van der Waals surface area (Å²) < 4.78 is 0. The minimum atomic E-state index is 0.313. The second-order valence-corrected chi connectivity index (χ2v) is 6.09. The molecular formula is C16H35N3. The Labute approximate surface area is 120 Å². The monoisotopic (exact) mass is 269 g/mol. The van der Waals surface area contributed by atoms with Crippen LogP contribution in [0.15, 0.2) is 0 Å². The summed E-state index contributed by atoms with van der Waals surface area (Å²) in [6.45, 7) is 10.0. The van der Waals surface area contributed by atoms with Gasteiger partial charge in [-0.3, -0.25) is 5.41 Å². The zero-order chi connectivity index (χ0) is 14.5. The fraction of sp³-hybridized carbons (Fsp3) is 0.938. The molecule has 3 N–H and O–H groups in total. The number of amidine groups is 1. The maximum Gasteiger partial charge on any atom is 0.0918 e. The van der Waals surface area contributed by atoms with Crippen molar-refractivity contribution < 1.29 is 0 Å². The molecule has 0 atom stereocenters. The van der Waals surface area contributed by atoms with E-state index in [1.165, 1.54) is 51.5 Å². The molecule has 0 aromatic heterocycles. The predicted molar refractivity (Wildman–Crippen MR) is 85.8 cm³/mol. The van der Waals surface area contributed by atoms with E-state index >= 15 is 0 Å². The van der Waals surface area contributed by atoms with Crippen LogP contribution in [-0.4, -0.2) is 30.4 Å². The quantitative estimate of drug-likeness (QED) is 0.301. The molecule has 0 amide bonds. The SMILES string of the molecule is CCCCCCCCCN(CCC(=N)N)CC(C)C. The molecule has 0 bridgehead atoms. The maximum atomic E-state index is 7.33. The molecule has 0 fully saturated rings.